The van der Waals surface area contributed by atoms with Gasteiger partial charge in [-0.1, -0.05) is 0 Å². The van der Waals surface area contributed by atoms with Gasteiger partial charge >= 0.3 is 49.7 Å². The number of aliphatic carboxylic acids is 2. The van der Waals surface area contributed by atoms with E-state index in [0.717, 1.165) is 0 Å². The van der Waals surface area contributed by atoms with E-state index in [1.807, 2.05) is 0 Å². The maximum Gasteiger partial charge on any atom is 0 e. The van der Waals surface area contributed by atoms with Crippen molar-refractivity contribution in [3.05, 3.63) is 0 Å². The first kappa shape index (κ1) is 16.0. The molecule has 0 saturated carbocycles. The number of hydrogen-bond donors (Lipinski definition) is 2. The molecule has 0 spiro atoms. The molecule has 0 fully saturated rings. The molecule has 0 bridgehead atoms. The molecule has 0 rings (SSSR count). The number of carbonyl (C=O) groups is 2. The molecular formula is C2H4CaO4Sc. The van der Waals surface area contributed by atoms with Crippen LogP contribution in [0.1, 0.15) is 0 Å². The normalized spacial score (nSPS) is 5.50. The van der Waals surface area contributed by atoms with Gasteiger partial charge in [0.15, 0.2) is 0 Å². The summed E-state index contributed by atoms with van der Waals surface area (Å²) in [5.41, 5.74) is 0. The number of hydrogen-bond acceptors (Lipinski definition) is 2. The van der Waals surface area contributed by atoms with Crippen molar-refractivity contribution in [1.29, 1.82) is 0 Å². The van der Waals surface area contributed by atoms with E-state index in [9.17, 15) is 0 Å². The summed E-state index contributed by atoms with van der Waals surface area (Å²) in [6.07, 6.45) is 0. The quantitative estimate of drug-likeness (QED) is 0.339. The Labute approximate surface area is 94.0 Å². The molecule has 0 aromatic heterocycles. The molecule has 41 valence electrons. The van der Waals surface area contributed by atoms with Crippen LogP contribution in [0.4, 0.5) is 0 Å². The third kappa shape index (κ3) is 10.1. The van der Waals surface area contributed by atoms with Crippen LogP contribution in [-0.4, -0.2) is 59.9 Å². The molecule has 0 atom stereocenters. The SMILES string of the molecule is O=C(O)C(=O)O.[CaH2].[Sc]. The van der Waals surface area contributed by atoms with Crippen LogP contribution in [0.15, 0.2) is 0 Å². The smallest absolute Gasteiger partial charge is 0 e. The molecule has 0 amide bonds. The number of rotatable bonds is 0. The molecule has 8 heavy (non-hydrogen) atoms. The molecule has 0 aromatic rings. The first-order chi connectivity index (χ1) is 2.64. The van der Waals surface area contributed by atoms with E-state index in [1.165, 1.54) is 0 Å². The van der Waals surface area contributed by atoms with Crippen molar-refractivity contribution >= 4 is 49.7 Å². The monoisotopic (exact) mass is 177 g/mol. The second kappa shape index (κ2) is 8.07. The predicted octanol–water partition coefficient (Wildman–Crippen LogP) is -1.76. The van der Waals surface area contributed by atoms with Crippen LogP contribution in [0.5, 0.6) is 0 Å². The molecule has 0 aromatic carbocycles. The molecule has 0 unspecified atom stereocenters. The molecular weight excluding hydrogens is 173 g/mol. The first-order valence-electron chi connectivity index (χ1n) is 1.11. The minimum atomic E-state index is -1.82. The Kier molecular flexibility index (Phi) is 16.2. The number of carboxylic acid groups (broad SMARTS) is 2. The molecule has 4 nitrogen and oxygen atoms in total. The Morgan fingerprint density at radius 3 is 1.12 bits per heavy atom. The summed E-state index contributed by atoms with van der Waals surface area (Å²) in [5.74, 6) is -3.65. The predicted molar refractivity (Wildman–Crippen MR) is 23.8 cm³/mol. The Bertz CT molecular complexity index is 80.0. The summed E-state index contributed by atoms with van der Waals surface area (Å²) in [7, 11) is 0. The molecule has 1 radical (unpaired) electrons. The molecule has 2 N–H and O–H groups in total. The molecule has 0 aliphatic heterocycles. The van der Waals surface area contributed by atoms with Gasteiger partial charge in [0.05, 0.1) is 0 Å². The standard InChI is InChI=1S/C2H2O4.Ca.Sc.2H/c3-1(4)2(5)6;;;;/h(H,3,4)(H,5,6);;;;. The Morgan fingerprint density at radius 1 is 1.00 bits per heavy atom. The molecule has 0 aliphatic carbocycles. The third-order valence-electron chi connectivity index (χ3n) is 0.183. The Morgan fingerprint density at radius 2 is 1.12 bits per heavy atom. The van der Waals surface area contributed by atoms with Gasteiger partial charge in [-0.05, 0) is 0 Å². The summed E-state index contributed by atoms with van der Waals surface area (Å²) < 4.78 is 0. The Balaban J connectivity index is -0.000000125. The fraction of sp³-hybridized carbons (Fsp3) is 0. The van der Waals surface area contributed by atoms with Crippen molar-refractivity contribution in [2.45, 2.75) is 0 Å². The molecule has 0 heterocycles. The fourth-order valence-electron chi connectivity index (χ4n) is 0. The van der Waals surface area contributed by atoms with E-state index in [1.54, 1.807) is 0 Å². The number of carboxylic acids is 2. The average molecular weight is 177 g/mol. The van der Waals surface area contributed by atoms with Crippen LogP contribution < -0.4 is 0 Å². The van der Waals surface area contributed by atoms with Crippen LogP contribution in [0, 0.1) is 0 Å². The van der Waals surface area contributed by atoms with Crippen molar-refractivity contribution in [3.8, 4) is 0 Å². The Hall–Kier alpha value is 1.07. The van der Waals surface area contributed by atoms with Crippen LogP contribution in [0.25, 0.3) is 0 Å². The van der Waals surface area contributed by atoms with Crippen molar-refractivity contribution < 1.29 is 45.6 Å². The van der Waals surface area contributed by atoms with Gasteiger partial charge in [0.25, 0.3) is 0 Å². The van der Waals surface area contributed by atoms with E-state index >= 15 is 0 Å². The second-order valence-corrected chi connectivity index (χ2v) is 0.610. The van der Waals surface area contributed by atoms with Gasteiger partial charge in [0.2, 0.25) is 0 Å². The minimum absolute atomic E-state index is 0. The summed E-state index contributed by atoms with van der Waals surface area (Å²) in [4.78, 5) is 18.2. The fourth-order valence-corrected chi connectivity index (χ4v) is 0. The van der Waals surface area contributed by atoms with E-state index in [0.29, 0.717) is 0 Å². The maximum absolute atomic E-state index is 9.10. The van der Waals surface area contributed by atoms with Crippen molar-refractivity contribution in [2.75, 3.05) is 0 Å². The van der Waals surface area contributed by atoms with Gasteiger partial charge in [-0.15, -0.1) is 0 Å². The molecule has 0 aliphatic rings. The van der Waals surface area contributed by atoms with E-state index < -0.39 is 11.9 Å². The summed E-state index contributed by atoms with van der Waals surface area (Å²) in [5, 5.41) is 14.8. The summed E-state index contributed by atoms with van der Waals surface area (Å²) in [6, 6.07) is 0. The molecule has 6 heteroatoms. The maximum atomic E-state index is 9.10. The van der Waals surface area contributed by atoms with Crippen LogP contribution >= 0.6 is 0 Å². The average Bonchev–Trinajstić information content (AvgIpc) is 1.36. The van der Waals surface area contributed by atoms with Gasteiger partial charge in [-0.3, -0.25) is 0 Å². The van der Waals surface area contributed by atoms with E-state index in [4.69, 9.17) is 19.8 Å². The molecule has 0 saturated heterocycles. The van der Waals surface area contributed by atoms with Crippen molar-refractivity contribution in [2.24, 2.45) is 0 Å². The zero-order chi connectivity index (χ0) is 5.15. The topological polar surface area (TPSA) is 74.6 Å². The minimum Gasteiger partial charge on any atom is 0 e. The summed E-state index contributed by atoms with van der Waals surface area (Å²) in [6.45, 7) is 0. The van der Waals surface area contributed by atoms with Gasteiger partial charge < -0.3 is 10.2 Å². The van der Waals surface area contributed by atoms with Crippen molar-refractivity contribution in [1.82, 2.24) is 0 Å². The van der Waals surface area contributed by atoms with Crippen LogP contribution in [-0.2, 0) is 35.4 Å². The van der Waals surface area contributed by atoms with Gasteiger partial charge in [0.1, 0.15) is 0 Å². The third-order valence-corrected chi connectivity index (χ3v) is 0.183. The van der Waals surface area contributed by atoms with Gasteiger partial charge in [0, 0.05) is 25.8 Å². The van der Waals surface area contributed by atoms with E-state index in [2.05, 4.69) is 0 Å². The first-order valence-corrected chi connectivity index (χ1v) is 1.11. The van der Waals surface area contributed by atoms with E-state index in [-0.39, 0.29) is 63.6 Å². The van der Waals surface area contributed by atoms with Gasteiger partial charge in [-0.2, -0.15) is 0 Å². The van der Waals surface area contributed by atoms with Crippen LogP contribution in [0.3, 0.4) is 0 Å². The largest absolute Gasteiger partial charge is 0 e. The van der Waals surface area contributed by atoms with Crippen LogP contribution in [0.2, 0.25) is 0 Å². The summed E-state index contributed by atoms with van der Waals surface area (Å²) >= 11 is 0. The van der Waals surface area contributed by atoms with Gasteiger partial charge in [-0.25, -0.2) is 9.59 Å². The second-order valence-electron chi connectivity index (χ2n) is 0.610. The zero-order valence-corrected chi connectivity index (χ0v) is 5.09. The van der Waals surface area contributed by atoms with Crippen molar-refractivity contribution in [3.63, 3.8) is 0 Å². The zero-order valence-electron chi connectivity index (χ0n) is 3.29.